The predicted molar refractivity (Wildman–Crippen MR) is 256 cm³/mol. The summed E-state index contributed by atoms with van der Waals surface area (Å²) in [6, 6.07) is 53.5. The first-order valence-corrected chi connectivity index (χ1v) is 20.6. The molecule has 0 amide bonds. The highest BCUT2D eigenvalue weighted by Crippen LogP contribution is 2.43. The lowest BCUT2D eigenvalue weighted by Gasteiger charge is -2.16. The molecule has 63 heavy (non-hydrogen) atoms. The molecule has 0 aliphatic heterocycles. The van der Waals surface area contributed by atoms with Crippen LogP contribution in [0.15, 0.2) is 215 Å². The van der Waals surface area contributed by atoms with Crippen molar-refractivity contribution in [2.75, 3.05) is 0 Å². The topological polar surface area (TPSA) is 69.9 Å². The van der Waals surface area contributed by atoms with Crippen molar-refractivity contribution in [3.8, 4) is 62.1 Å². The molecule has 0 spiro atoms. The monoisotopic (exact) mass is 812 g/mol. The van der Waals surface area contributed by atoms with E-state index in [1.807, 2.05) is 146 Å². The van der Waals surface area contributed by atoms with Gasteiger partial charge in [-0.05, 0) is 59.6 Å². The third-order valence-electron chi connectivity index (χ3n) is 11.8. The second kappa shape index (κ2) is 14.0. The molecule has 0 fully saturated rings. The largest absolute Gasteiger partial charge is 0.455 e. The summed E-state index contributed by atoms with van der Waals surface area (Å²) in [7, 11) is 0. The summed E-state index contributed by atoms with van der Waals surface area (Å²) in [6.45, 7) is 0. The number of benzene rings is 9. The number of rotatable bonds is 6. The van der Waals surface area contributed by atoms with E-state index in [-0.39, 0.29) is 58.1 Å². The third-order valence-corrected chi connectivity index (χ3v) is 11.8. The van der Waals surface area contributed by atoms with Gasteiger partial charge in [-0.2, -0.15) is 0 Å². The van der Waals surface area contributed by atoms with E-state index >= 15 is 0 Å². The van der Waals surface area contributed by atoms with Crippen molar-refractivity contribution in [2.24, 2.45) is 0 Å². The van der Waals surface area contributed by atoms with Gasteiger partial charge in [-0.15, -0.1) is 0 Å². The van der Waals surface area contributed by atoms with Crippen molar-refractivity contribution in [3.05, 3.63) is 206 Å². The summed E-state index contributed by atoms with van der Waals surface area (Å²) in [5, 5.41) is 4.01. The van der Waals surface area contributed by atoms with Crippen LogP contribution in [-0.4, -0.2) is 19.5 Å². The molecule has 0 saturated carbocycles. The van der Waals surface area contributed by atoms with Crippen molar-refractivity contribution in [3.63, 3.8) is 0 Å². The molecule has 13 rings (SSSR count). The zero-order valence-corrected chi connectivity index (χ0v) is 33.3. The fourth-order valence-electron chi connectivity index (χ4n) is 8.92. The number of nitrogens with zero attached hydrogens (tertiary/aromatic N) is 4. The van der Waals surface area contributed by atoms with E-state index in [0.29, 0.717) is 45.5 Å². The van der Waals surface area contributed by atoms with Gasteiger partial charge >= 0.3 is 0 Å². The van der Waals surface area contributed by atoms with Gasteiger partial charge in [-0.25, -0.2) is 15.0 Å². The maximum atomic E-state index is 9.24. The van der Waals surface area contributed by atoms with E-state index in [1.54, 1.807) is 4.57 Å². The van der Waals surface area contributed by atoms with Crippen LogP contribution in [0.5, 0.6) is 0 Å². The fourth-order valence-corrected chi connectivity index (χ4v) is 8.92. The van der Waals surface area contributed by atoms with E-state index in [0.717, 1.165) is 60.5 Å². The Morgan fingerprint density at radius 3 is 1.60 bits per heavy atom. The first kappa shape index (κ1) is 29.6. The quantitative estimate of drug-likeness (QED) is 0.167. The van der Waals surface area contributed by atoms with Crippen LogP contribution in [0.1, 0.15) is 8.22 Å². The van der Waals surface area contributed by atoms with Gasteiger partial charge in [0.25, 0.3) is 0 Å². The lowest BCUT2D eigenvalue weighted by Crippen LogP contribution is -2.00. The summed E-state index contributed by atoms with van der Waals surface area (Å²) in [5.74, 6) is 1.58. The van der Waals surface area contributed by atoms with Crippen molar-refractivity contribution in [2.45, 2.75) is 0 Å². The van der Waals surface area contributed by atoms with E-state index < -0.39 is 0 Å². The van der Waals surface area contributed by atoms with Gasteiger partial charge in [0.1, 0.15) is 22.3 Å². The molecule has 0 unspecified atom stereocenters. The fraction of sp³-hybridized carbons (Fsp3) is 0. The average Bonchev–Trinajstić information content (AvgIpc) is 4.08. The Morgan fingerprint density at radius 1 is 0.365 bits per heavy atom. The van der Waals surface area contributed by atoms with E-state index in [9.17, 15) is 2.74 Å². The highest BCUT2D eigenvalue weighted by Gasteiger charge is 2.22. The zero-order chi connectivity index (χ0) is 46.7. The minimum Gasteiger partial charge on any atom is -0.455 e. The Balaban J connectivity index is 1.04. The summed E-state index contributed by atoms with van der Waals surface area (Å²) >= 11 is 0. The Hall–Kier alpha value is -8.61. The van der Waals surface area contributed by atoms with Gasteiger partial charge in [0, 0.05) is 54.6 Å². The maximum absolute atomic E-state index is 9.24. The molecule has 0 N–H and O–H groups in total. The van der Waals surface area contributed by atoms with Crippen LogP contribution in [0.25, 0.3) is 128 Å². The van der Waals surface area contributed by atoms with Crippen molar-refractivity contribution < 1.29 is 17.1 Å². The van der Waals surface area contributed by atoms with Crippen LogP contribution < -0.4 is 0 Å². The van der Waals surface area contributed by atoms with Crippen molar-refractivity contribution in [1.29, 1.82) is 0 Å². The summed E-state index contributed by atoms with van der Waals surface area (Å²) in [5.41, 5.74) is 9.47. The lowest BCUT2D eigenvalue weighted by molar-refractivity contribution is 0.669. The van der Waals surface area contributed by atoms with Gasteiger partial charge in [-0.3, -0.25) is 0 Å². The first-order valence-electron chi connectivity index (χ1n) is 23.6. The lowest BCUT2D eigenvalue weighted by atomic mass is 9.95. The highest BCUT2D eigenvalue weighted by molar-refractivity contribution is 6.13. The molecule has 0 saturated heterocycles. The van der Waals surface area contributed by atoms with Crippen LogP contribution in [0.2, 0.25) is 0 Å². The molecule has 294 valence electrons. The molecule has 0 aliphatic carbocycles. The Labute approximate surface area is 369 Å². The second-order valence-electron chi connectivity index (χ2n) is 15.4. The number of para-hydroxylation sites is 5. The van der Waals surface area contributed by atoms with E-state index in [4.69, 9.17) is 29.3 Å². The summed E-state index contributed by atoms with van der Waals surface area (Å²) < 4.78 is 68.8. The molecule has 4 aromatic heterocycles. The van der Waals surface area contributed by atoms with Crippen LogP contribution in [0, 0.1) is 0 Å². The van der Waals surface area contributed by atoms with Crippen LogP contribution in [-0.2, 0) is 0 Å². The molecule has 4 heterocycles. The Morgan fingerprint density at radius 2 is 0.905 bits per heavy atom. The number of hydrogen-bond acceptors (Lipinski definition) is 5. The minimum absolute atomic E-state index is 0.0362. The van der Waals surface area contributed by atoms with Crippen molar-refractivity contribution in [1.82, 2.24) is 19.5 Å². The van der Waals surface area contributed by atoms with Gasteiger partial charge in [0.2, 0.25) is 0 Å². The highest BCUT2D eigenvalue weighted by atomic mass is 16.3. The first-order chi connectivity index (χ1) is 33.7. The molecular weight excluding hydrogens is 773 g/mol. The molecule has 9 aromatic carbocycles. The number of furan rings is 2. The van der Waals surface area contributed by atoms with E-state index in [1.165, 1.54) is 12.1 Å². The van der Waals surface area contributed by atoms with Crippen molar-refractivity contribution >= 4 is 65.7 Å². The van der Waals surface area contributed by atoms with Gasteiger partial charge in [0.05, 0.1) is 30.5 Å². The number of hydrogen-bond donors (Lipinski definition) is 0. The van der Waals surface area contributed by atoms with Gasteiger partial charge in [0.15, 0.2) is 17.5 Å². The molecule has 13 aromatic rings. The minimum atomic E-state index is -0.174. The third kappa shape index (κ3) is 5.62. The molecule has 0 atom stereocenters. The molecule has 0 radical (unpaired) electrons. The maximum Gasteiger partial charge on any atom is 0.167 e. The Kier molecular flexibility index (Phi) is 6.56. The predicted octanol–water partition coefficient (Wildman–Crippen LogP) is 15.1. The Bertz CT molecular complexity index is 4150. The van der Waals surface area contributed by atoms with Crippen LogP contribution in [0.4, 0.5) is 0 Å². The van der Waals surface area contributed by atoms with E-state index in [2.05, 4.69) is 12.1 Å². The number of aromatic nitrogens is 4. The summed E-state index contributed by atoms with van der Waals surface area (Å²) in [6.07, 6.45) is 0. The van der Waals surface area contributed by atoms with Crippen LogP contribution >= 0.6 is 0 Å². The molecule has 6 nitrogen and oxygen atoms in total. The number of fused-ring (bicyclic) bond motifs is 9. The smallest absolute Gasteiger partial charge is 0.167 e. The average molecular weight is 813 g/mol. The molecular formula is C57H34N4O2. The molecule has 0 aliphatic rings. The second-order valence-corrected chi connectivity index (χ2v) is 15.4. The SMILES string of the molecule is [2H]c1cc([2H])c2c(c1[2H])c1c([2H])c([2H])cc([2H])c1n2-c1ccc(-c2ccc3oc4c(-c5nc(-c6ccccc6)nc(-c6ccccc6)n5)cccc4c3c2)cc1-c1cccc2c1oc1ccccc12. The summed E-state index contributed by atoms with van der Waals surface area (Å²) in [4.78, 5) is 14.9. The molecule has 0 bridgehead atoms. The normalized spacial score (nSPS) is 13.1. The standard InChI is InChI=1S/C57H34N4O2/c1-3-15-35(16-4-1)55-58-56(36-17-5-2-6-18-36)60-57(59-55)45-25-14-24-44-47-34-38(30-32-52(47)63-54(44)45)37-29-31-50(61-48-26-10-7-19-39(48)40-20-8-11-27-49(40)61)46(33-37)43-23-13-22-42-41-21-9-12-28-51(41)62-53(42)43/h1-34H/i7D,8D,19D,20D,26D,27D. The van der Waals surface area contributed by atoms with Gasteiger partial charge < -0.3 is 13.4 Å². The molecule has 6 heteroatoms. The van der Waals surface area contributed by atoms with Crippen LogP contribution in [0.3, 0.4) is 0 Å². The van der Waals surface area contributed by atoms with Gasteiger partial charge in [-0.1, -0.05) is 158 Å². The zero-order valence-electron chi connectivity index (χ0n) is 39.3.